The molecule has 1 aromatic carbocycles. The Labute approximate surface area is 106 Å². The number of aromatic amines is 1. The van der Waals surface area contributed by atoms with E-state index >= 15 is 0 Å². The van der Waals surface area contributed by atoms with Crippen LogP contribution in [0.25, 0.3) is 21.3 Å². The van der Waals surface area contributed by atoms with Crippen LogP contribution < -0.4 is 5.73 Å². The number of carbonyl (C=O) groups is 1. The number of carboxylic acid groups (broad SMARTS) is 1. The number of aromatic nitrogens is 2. The summed E-state index contributed by atoms with van der Waals surface area (Å²) in [4.78, 5) is 12.1. The highest BCUT2D eigenvalue weighted by molar-refractivity contribution is 7.17. The third kappa shape index (κ3) is 1.63. The highest BCUT2D eigenvalue weighted by Gasteiger charge is 2.10. The van der Waals surface area contributed by atoms with E-state index in [-0.39, 0.29) is 0 Å². The average Bonchev–Trinajstić information content (AvgIpc) is 2.96. The van der Waals surface area contributed by atoms with Crippen LogP contribution in [0.15, 0.2) is 30.3 Å². The van der Waals surface area contributed by atoms with Crippen molar-refractivity contribution in [3.63, 3.8) is 0 Å². The molecular weight excluding hydrogens is 250 g/mol. The first kappa shape index (κ1) is 10.8. The summed E-state index contributed by atoms with van der Waals surface area (Å²) in [6.45, 7) is 0. The summed E-state index contributed by atoms with van der Waals surface area (Å²) in [7, 11) is 0. The molecule has 0 aliphatic rings. The predicted molar refractivity (Wildman–Crippen MR) is 70.8 cm³/mol. The highest BCUT2D eigenvalue weighted by Crippen LogP contribution is 2.31. The Morgan fingerprint density at radius 1 is 1.33 bits per heavy atom. The molecule has 3 rings (SSSR count). The number of nitrogens with one attached hydrogen (secondary N) is 1. The number of fused-ring (bicyclic) bond motifs is 1. The van der Waals surface area contributed by atoms with Gasteiger partial charge in [0.05, 0.1) is 5.52 Å². The zero-order chi connectivity index (χ0) is 12.7. The standard InChI is InChI=1S/C12H9N3O2S/c13-11-7-5-6(1-2-8(7)14-15-11)9-3-4-10(18-9)12(16)17/h1-5H,(H,16,17)(H3,13,14,15). The second-order valence-corrected chi connectivity index (χ2v) is 4.92. The van der Waals surface area contributed by atoms with Crippen molar-refractivity contribution in [1.29, 1.82) is 0 Å². The molecule has 18 heavy (non-hydrogen) atoms. The Morgan fingerprint density at radius 2 is 2.17 bits per heavy atom. The molecule has 0 saturated carbocycles. The molecule has 0 atom stereocenters. The third-order valence-electron chi connectivity index (χ3n) is 2.69. The van der Waals surface area contributed by atoms with Gasteiger partial charge in [-0.15, -0.1) is 11.3 Å². The third-order valence-corrected chi connectivity index (χ3v) is 3.82. The normalized spacial score (nSPS) is 10.9. The van der Waals surface area contributed by atoms with Gasteiger partial charge in [-0.05, 0) is 29.8 Å². The molecular formula is C12H9N3O2S. The van der Waals surface area contributed by atoms with Crippen molar-refractivity contribution in [2.75, 3.05) is 5.73 Å². The molecule has 3 aromatic rings. The number of hydrogen-bond acceptors (Lipinski definition) is 4. The van der Waals surface area contributed by atoms with Crippen molar-refractivity contribution in [2.45, 2.75) is 0 Å². The summed E-state index contributed by atoms with van der Waals surface area (Å²) in [5, 5.41) is 16.5. The fourth-order valence-electron chi connectivity index (χ4n) is 1.80. The Bertz CT molecular complexity index is 745. The zero-order valence-electron chi connectivity index (χ0n) is 9.18. The van der Waals surface area contributed by atoms with E-state index in [0.29, 0.717) is 10.7 Å². The van der Waals surface area contributed by atoms with Crippen LogP contribution in [0.5, 0.6) is 0 Å². The smallest absolute Gasteiger partial charge is 0.345 e. The molecule has 0 bridgehead atoms. The Hall–Kier alpha value is -2.34. The molecule has 2 aromatic heterocycles. The first-order valence-electron chi connectivity index (χ1n) is 5.22. The maximum absolute atomic E-state index is 10.8. The van der Waals surface area contributed by atoms with Crippen LogP contribution in [-0.4, -0.2) is 21.3 Å². The highest BCUT2D eigenvalue weighted by atomic mass is 32.1. The van der Waals surface area contributed by atoms with Gasteiger partial charge < -0.3 is 10.8 Å². The van der Waals surface area contributed by atoms with Gasteiger partial charge in [0.2, 0.25) is 0 Å². The number of aromatic carboxylic acids is 1. The number of H-pyrrole nitrogens is 1. The van der Waals surface area contributed by atoms with E-state index in [4.69, 9.17) is 10.8 Å². The average molecular weight is 259 g/mol. The SMILES string of the molecule is Nc1n[nH]c2ccc(-c3ccc(C(=O)O)s3)cc12. The maximum Gasteiger partial charge on any atom is 0.345 e. The number of nitrogens with zero attached hydrogens (tertiary/aromatic N) is 1. The van der Waals surface area contributed by atoms with Crippen molar-refractivity contribution in [3.05, 3.63) is 35.2 Å². The number of nitrogens with two attached hydrogens (primary N) is 1. The molecule has 2 heterocycles. The molecule has 90 valence electrons. The van der Waals surface area contributed by atoms with E-state index < -0.39 is 5.97 Å². The van der Waals surface area contributed by atoms with E-state index in [0.717, 1.165) is 21.3 Å². The van der Waals surface area contributed by atoms with Gasteiger partial charge in [0.25, 0.3) is 0 Å². The summed E-state index contributed by atoms with van der Waals surface area (Å²) in [5.74, 6) is -0.461. The monoisotopic (exact) mass is 259 g/mol. The Balaban J connectivity index is 2.12. The number of hydrogen-bond donors (Lipinski definition) is 3. The van der Waals surface area contributed by atoms with Crippen molar-refractivity contribution >= 4 is 34.0 Å². The van der Waals surface area contributed by atoms with E-state index in [1.54, 1.807) is 12.1 Å². The number of anilines is 1. The van der Waals surface area contributed by atoms with Gasteiger partial charge in [-0.1, -0.05) is 6.07 Å². The second-order valence-electron chi connectivity index (χ2n) is 3.84. The van der Waals surface area contributed by atoms with Crippen LogP contribution in [0.1, 0.15) is 9.67 Å². The lowest BCUT2D eigenvalue weighted by atomic mass is 10.1. The van der Waals surface area contributed by atoms with Gasteiger partial charge in [-0.25, -0.2) is 4.79 Å². The Kier molecular flexibility index (Phi) is 2.31. The minimum atomic E-state index is -0.907. The van der Waals surface area contributed by atoms with Gasteiger partial charge in [0.15, 0.2) is 5.82 Å². The van der Waals surface area contributed by atoms with Crippen LogP contribution in [0.3, 0.4) is 0 Å². The first-order chi connectivity index (χ1) is 8.65. The van der Waals surface area contributed by atoms with Gasteiger partial charge in [0.1, 0.15) is 4.88 Å². The second kappa shape index (κ2) is 3.85. The van der Waals surface area contributed by atoms with Gasteiger partial charge >= 0.3 is 5.97 Å². The molecule has 0 amide bonds. The molecule has 4 N–H and O–H groups in total. The van der Waals surface area contributed by atoms with Crippen molar-refractivity contribution in [1.82, 2.24) is 10.2 Å². The predicted octanol–water partition coefficient (Wildman–Crippen LogP) is 2.57. The number of rotatable bonds is 2. The minimum absolute atomic E-state index is 0.324. The zero-order valence-corrected chi connectivity index (χ0v) is 9.99. The minimum Gasteiger partial charge on any atom is -0.477 e. The molecule has 0 fully saturated rings. The lowest BCUT2D eigenvalue weighted by Crippen LogP contribution is -1.89. The first-order valence-corrected chi connectivity index (χ1v) is 6.04. The molecule has 0 saturated heterocycles. The van der Waals surface area contributed by atoms with Crippen LogP contribution >= 0.6 is 11.3 Å². The van der Waals surface area contributed by atoms with Crippen LogP contribution in [0.4, 0.5) is 5.82 Å². The summed E-state index contributed by atoms with van der Waals surface area (Å²) in [6, 6.07) is 9.11. The quantitative estimate of drug-likeness (QED) is 0.659. The van der Waals surface area contributed by atoms with E-state index in [1.165, 1.54) is 11.3 Å². The number of carboxylic acids is 1. The number of benzene rings is 1. The summed E-state index contributed by atoms with van der Waals surface area (Å²) in [5.41, 5.74) is 7.55. The van der Waals surface area contributed by atoms with E-state index in [9.17, 15) is 4.79 Å². The molecule has 0 aliphatic heterocycles. The van der Waals surface area contributed by atoms with Crippen LogP contribution in [0.2, 0.25) is 0 Å². The fourth-order valence-corrected chi connectivity index (χ4v) is 2.64. The largest absolute Gasteiger partial charge is 0.477 e. The molecule has 0 unspecified atom stereocenters. The topological polar surface area (TPSA) is 92.0 Å². The molecule has 0 aliphatic carbocycles. The maximum atomic E-state index is 10.8. The number of nitrogen functional groups attached to an aromatic ring is 1. The summed E-state index contributed by atoms with van der Waals surface area (Å²) < 4.78 is 0. The van der Waals surface area contributed by atoms with Crippen molar-refractivity contribution < 1.29 is 9.90 Å². The van der Waals surface area contributed by atoms with Crippen molar-refractivity contribution in [2.24, 2.45) is 0 Å². The van der Waals surface area contributed by atoms with Gasteiger partial charge in [-0.3, -0.25) is 5.10 Å². The number of thiophene rings is 1. The van der Waals surface area contributed by atoms with Gasteiger partial charge in [-0.2, -0.15) is 5.10 Å². The summed E-state index contributed by atoms with van der Waals surface area (Å²) in [6.07, 6.45) is 0. The lowest BCUT2D eigenvalue weighted by molar-refractivity contribution is 0.0702. The molecule has 5 nitrogen and oxygen atoms in total. The fraction of sp³-hybridized carbons (Fsp3) is 0. The molecule has 0 radical (unpaired) electrons. The van der Waals surface area contributed by atoms with Crippen LogP contribution in [0, 0.1) is 0 Å². The van der Waals surface area contributed by atoms with Crippen molar-refractivity contribution in [3.8, 4) is 10.4 Å². The summed E-state index contributed by atoms with van der Waals surface area (Å²) >= 11 is 1.24. The van der Waals surface area contributed by atoms with E-state index in [2.05, 4.69) is 10.2 Å². The van der Waals surface area contributed by atoms with E-state index in [1.807, 2.05) is 18.2 Å². The molecule has 6 heteroatoms. The lowest BCUT2D eigenvalue weighted by Gasteiger charge is -1.97. The van der Waals surface area contributed by atoms with Crippen LogP contribution in [-0.2, 0) is 0 Å². The molecule has 0 spiro atoms. The Morgan fingerprint density at radius 3 is 2.89 bits per heavy atom. The van der Waals surface area contributed by atoms with Gasteiger partial charge in [0, 0.05) is 10.3 Å².